The van der Waals surface area contributed by atoms with Crippen LogP contribution in [0.1, 0.15) is 5.56 Å². The Hall–Kier alpha value is -2.01. The van der Waals surface area contributed by atoms with Gasteiger partial charge in [-0.05, 0) is 23.8 Å². The van der Waals surface area contributed by atoms with Crippen LogP contribution in [0.25, 0.3) is 11.1 Å². The van der Waals surface area contributed by atoms with Crippen LogP contribution in [-0.4, -0.2) is 15.0 Å². The number of nitrogens with zero attached hydrogens (tertiary/aromatic N) is 2. The first-order chi connectivity index (χ1) is 7.68. The molecule has 0 saturated carbocycles. The SMILES string of the molecule is NC(=S)c1cc(-c2ccncc2)cnc1N. The number of rotatable bonds is 2. The summed E-state index contributed by atoms with van der Waals surface area (Å²) in [5.74, 6) is 0.352. The van der Waals surface area contributed by atoms with Gasteiger partial charge in [-0.25, -0.2) is 4.98 Å². The van der Waals surface area contributed by atoms with E-state index in [1.165, 1.54) is 0 Å². The van der Waals surface area contributed by atoms with Gasteiger partial charge in [-0.15, -0.1) is 0 Å². The maximum absolute atomic E-state index is 5.68. The molecule has 0 atom stereocenters. The van der Waals surface area contributed by atoms with E-state index in [-0.39, 0.29) is 4.99 Å². The summed E-state index contributed by atoms with van der Waals surface area (Å²) in [7, 11) is 0. The molecule has 0 bridgehead atoms. The molecule has 0 radical (unpaired) electrons. The summed E-state index contributed by atoms with van der Waals surface area (Å²) in [6, 6.07) is 5.60. The van der Waals surface area contributed by atoms with Crippen LogP contribution < -0.4 is 11.5 Å². The third kappa shape index (κ3) is 1.99. The summed E-state index contributed by atoms with van der Waals surface area (Å²) in [5.41, 5.74) is 13.8. The predicted octanol–water partition coefficient (Wildman–Crippen LogP) is 1.36. The number of hydrogen-bond acceptors (Lipinski definition) is 4. The lowest BCUT2D eigenvalue weighted by atomic mass is 10.1. The number of hydrogen-bond donors (Lipinski definition) is 2. The zero-order chi connectivity index (χ0) is 11.5. The molecule has 0 saturated heterocycles. The van der Waals surface area contributed by atoms with E-state index in [9.17, 15) is 0 Å². The zero-order valence-electron chi connectivity index (χ0n) is 8.42. The van der Waals surface area contributed by atoms with Gasteiger partial charge in [0, 0.05) is 24.2 Å². The van der Waals surface area contributed by atoms with Gasteiger partial charge in [0.2, 0.25) is 0 Å². The van der Waals surface area contributed by atoms with Crippen LogP contribution in [0.3, 0.4) is 0 Å². The van der Waals surface area contributed by atoms with Crippen molar-refractivity contribution in [3.8, 4) is 11.1 Å². The van der Waals surface area contributed by atoms with Gasteiger partial charge >= 0.3 is 0 Å². The summed E-state index contributed by atoms with van der Waals surface area (Å²) in [6.07, 6.45) is 5.12. The fourth-order valence-electron chi connectivity index (χ4n) is 1.37. The van der Waals surface area contributed by atoms with Crippen LogP contribution in [-0.2, 0) is 0 Å². The Morgan fingerprint density at radius 3 is 2.50 bits per heavy atom. The Kier molecular flexibility index (Phi) is 2.78. The third-order valence-corrected chi connectivity index (χ3v) is 2.42. The molecule has 4 nitrogen and oxygen atoms in total. The second-order valence-corrected chi connectivity index (χ2v) is 3.70. The van der Waals surface area contributed by atoms with Crippen molar-refractivity contribution in [2.75, 3.05) is 5.73 Å². The molecule has 0 aliphatic heterocycles. The molecule has 2 aromatic heterocycles. The van der Waals surface area contributed by atoms with Gasteiger partial charge in [0.1, 0.15) is 10.8 Å². The fourth-order valence-corrected chi connectivity index (χ4v) is 1.54. The second kappa shape index (κ2) is 4.24. The van der Waals surface area contributed by atoms with E-state index >= 15 is 0 Å². The van der Waals surface area contributed by atoms with E-state index in [1.54, 1.807) is 18.6 Å². The van der Waals surface area contributed by atoms with E-state index in [4.69, 9.17) is 23.7 Å². The molecule has 0 aliphatic carbocycles. The van der Waals surface area contributed by atoms with Crippen molar-refractivity contribution in [1.82, 2.24) is 9.97 Å². The summed E-state index contributed by atoms with van der Waals surface area (Å²) in [4.78, 5) is 8.27. The minimum absolute atomic E-state index is 0.251. The van der Waals surface area contributed by atoms with Crippen molar-refractivity contribution in [3.63, 3.8) is 0 Å². The number of nitrogen functional groups attached to an aromatic ring is 1. The van der Waals surface area contributed by atoms with Crippen molar-refractivity contribution >= 4 is 23.0 Å². The second-order valence-electron chi connectivity index (χ2n) is 3.26. The normalized spacial score (nSPS) is 10.0. The van der Waals surface area contributed by atoms with Gasteiger partial charge in [-0.2, -0.15) is 0 Å². The summed E-state index contributed by atoms with van der Waals surface area (Å²) >= 11 is 4.90. The molecular formula is C11H10N4S. The Balaban J connectivity index is 2.52. The first kappa shape index (κ1) is 10.5. The van der Waals surface area contributed by atoms with Crippen molar-refractivity contribution in [1.29, 1.82) is 0 Å². The minimum atomic E-state index is 0.251. The first-order valence-electron chi connectivity index (χ1n) is 4.64. The summed E-state index contributed by atoms with van der Waals surface area (Å²) < 4.78 is 0. The Bertz CT molecular complexity index is 525. The Morgan fingerprint density at radius 1 is 1.19 bits per heavy atom. The van der Waals surface area contributed by atoms with Crippen molar-refractivity contribution in [2.45, 2.75) is 0 Å². The predicted molar refractivity (Wildman–Crippen MR) is 67.8 cm³/mol. The summed E-state index contributed by atoms with van der Waals surface area (Å²) in [6.45, 7) is 0. The lowest BCUT2D eigenvalue weighted by molar-refractivity contribution is 1.30. The van der Waals surface area contributed by atoms with Crippen LogP contribution >= 0.6 is 12.2 Å². The largest absolute Gasteiger partial charge is 0.389 e. The van der Waals surface area contributed by atoms with Crippen molar-refractivity contribution < 1.29 is 0 Å². The molecule has 4 N–H and O–H groups in total. The minimum Gasteiger partial charge on any atom is -0.389 e. The number of aromatic nitrogens is 2. The average molecular weight is 230 g/mol. The first-order valence-corrected chi connectivity index (χ1v) is 5.05. The number of thiocarbonyl (C=S) groups is 1. The van der Waals surface area contributed by atoms with Gasteiger partial charge in [-0.1, -0.05) is 12.2 Å². The number of pyridine rings is 2. The van der Waals surface area contributed by atoms with Gasteiger partial charge in [-0.3, -0.25) is 4.98 Å². The maximum Gasteiger partial charge on any atom is 0.133 e. The van der Waals surface area contributed by atoms with Gasteiger partial charge in [0.25, 0.3) is 0 Å². The lowest BCUT2D eigenvalue weighted by Gasteiger charge is -2.06. The maximum atomic E-state index is 5.68. The molecule has 5 heteroatoms. The molecule has 0 spiro atoms. The van der Waals surface area contributed by atoms with E-state index in [0.717, 1.165) is 11.1 Å². The van der Waals surface area contributed by atoms with Gasteiger partial charge < -0.3 is 11.5 Å². The van der Waals surface area contributed by atoms with Crippen LogP contribution in [0.15, 0.2) is 36.8 Å². The lowest BCUT2D eigenvalue weighted by Crippen LogP contribution is -2.13. The zero-order valence-corrected chi connectivity index (χ0v) is 9.24. The highest BCUT2D eigenvalue weighted by molar-refractivity contribution is 7.80. The van der Waals surface area contributed by atoms with Gasteiger partial charge in [0.15, 0.2) is 0 Å². The van der Waals surface area contributed by atoms with E-state index < -0.39 is 0 Å². The highest BCUT2D eigenvalue weighted by atomic mass is 32.1. The average Bonchev–Trinajstić information content (AvgIpc) is 2.30. The third-order valence-electron chi connectivity index (χ3n) is 2.20. The molecule has 0 aromatic carbocycles. The molecule has 2 heterocycles. The topological polar surface area (TPSA) is 77.8 Å². The van der Waals surface area contributed by atoms with Crippen LogP contribution in [0.2, 0.25) is 0 Å². The van der Waals surface area contributed by atoms with Crippen LogP contribution in [0.5, 0.6) is 0 Å². The summed E-state index contributed by atoms with van der Waals surface area (Å²) in [5, 5.41) is 0. The molecule has 16 heavy (non-hydrogen) atoms. The van der Waals surface area contributed by atoms with E-state index in [2.05, 4.69) is 9.97 Å². The highest BCUT2D eigenvalue weighted by Gasteiger charge is 2.06. The highest BCUT2D eigenvalue weighted by Crippen LogP contribution is 2.20. The number of anilines is 1. The fraction of sp³-hybridized carbons (Fsp3) is 0. The molecule has 0 fully saturated rings. The van der Waals surface area contributed by atoms with Gasteiger partial charge in [0.05, 0.1) is 5.56 Å². The van der Waals surface area contributed by atoms with E-state index in [0.29, 0.717) is 11.4 Å². The number of nitrogens with two attached hydrogens (primary N) is 2. The molecule has 2 aromatic rings. The molecular weight excluding hydrogens is 220 g/mol. The molecule has 2 rings (SSSR count). The van der Waals surface area contributed by atoms with Crippen LogP contribution in [0.4, 0.5) is 5.82 Å². The van der Waals surface area contributed by atoms with E-state index in [1.807, 2.05) is 18.2 Å². The standard InChI is InChI=1S/C11H10N4S/c12-10-9(11(13)16)5-8(6-15-10)7-1-3-14-4-2-7/h1-6H,(H2,12,15)(H2,13,16). The smallest absolute Gasteiger partial charge is 0.133 e. The molecule has 0 aliphatic rings. The monoisotopic (exact) mass is 230 g/mol. The van der Waals surface area contributed by atoms with Crippen molar-refractivity contribution in [2.24, 2.45) is 5.73 Å². The Labute approximate surface area is 98.3 Å². The van der Waals surface area contributed by atoms with Crippen LogP contribution in [0, 0.1) is 0 Å². The quantitative estimate of drug-likeness (QED) is 0.762. The Morgan fingerprint density at radius 2 is 1.88 bits per heavy atom. The molecule has 0 unspecified atom stereocenters. The molecule has 80 valence electrons. The van der Waals surface area contributed by atoms with Crippen molar-refractivity contribution in [3.05, 3.63) is 42.4 Å². The molecule has 0 amide bonds.